The molecule has 9 heteroatoms. The Morgan fingerprint density at radius 1 is 1.06 bits per heavy atom. The van der Waals surface area contributed by atoms with Crippen molar-refractivity contribution in [1.29, 1.82) is 0 Å². The summed E-state index contributed by atoms with van der Waals surface area (Å²) in [4.78, 5) is 38.9. The Hall–Kier alpha value is -4.27. The van der Waals surface area contributed by atoms with Crippen LogP contribution in [0.3, 0.4) is 0 Å². The molecule has 0 aliphatic rings. The molecule has 32 heavy (non-hydrogen) atoms. The largest absolute Gasteiger partial charge is 0.467 e. The van der Waals surface area contributed by atoms with Crippen LogP contribution in [0.2, 0.25) is 0 Å². The van der Waals surface area contributed by atoms with Gasteiger partial charge in [-0.25, -0.2) is 9.18 Å². The minimum atomic E-state index is -0.828. The first-order valence-electron chi connectivity index (χ1n) is 9.78. The van der Waals surface area contributed by atoms with Gasteiger partial charge in [0.15, 0.2) is 0 Å². The van der Waals surface area contributed by atoms with Crippen molar-refractivity contribution in [2.75, 3.05) is 0 Å². The number of carbonyl (C=O) groups excluding carboxylic acids is 1. The van der Waals surface area contributed by atoms with E-state index in [1.54, 1.807) is 24.3 Å². The topological polar surface area (TPSA) is 99.1 Å². The maximum Gasteiger partial charge on any atom is 0.352 e. The van der Waals surface area contributed by atoms with Crippen LogP contribution in [0.5, 0.6) is 0 Å². The quantitative estimate of drug-likeness (QED) is 0.503. The number of aryl methyl sites for hydroxylation is 1. The first kappa shape index (κ1) is 21.0. The molecular formula is C23H19FN4O4. The van der Waals surface area contributed by atoms with Crippen LogP contribution in [-0.4, -0.2) is 20.3 Å². The number of nitrogens with one attached hydrogen (secondary N) is 1. The number of benzene rings is 2. The van der Waals surface area contributed by atoms with Crippen molar-refractivity contribution < 1.29 is 13.6 Å². The SMILES string of the molecule is Cc1ccc(Cn2c(=O)c(C(=O)NCc3ccco3)nn(-c3ccc(F)cc3)c2=O)cc1. The molecule has 4 aromatic rings. The normalized spacial score (nSPS) is 10.8. The van der Waals surface area contributed by atoms with Crippen molar-refractivity contribution in [2.45, 2.75) is 20.0 Å². The van der Waals surface area contributed by atoms with Crippen LogP contribution in [0.1, 0.15) is 27.4 Å². The standard InChI is InChI=1S/C23H19FN4O4/c1-15-4-6-16(7-5-15)14-27-22(30)20(21(29)25-13-19-3-2-12-32-19)26-28(23(27)31)18-10-8-17(24)9-11-18/h2-12H,13-14H2,1H3,(H,25,29). The number of hydrogen-bond acceptors (Lipinski definition) is 5. The van der Waals surface area contributed by atoms with E-state index < -0.39 is 28.7 Å². The summed E-state index contributed by atoms with van der Waals surface area (Å²) in [5.74, 6) is -0.767. The molecule has 1 N–H and O–H groups in total. The van der Waals surface area contributed by atoms with Gasteiger partial charge in [0.05, 0.1) is 25.0 Å². The van der Waals surface area contributed by atoms with Gasteiger partial charge in [0.1, 0.15) is 11.6 Å². The van der Waals surface area contributed by atoms with Crippen LogP contribution >= 0.6 is 0 Å². The molecule has 1 amide bonds. The second-order valence-corrected chi connectivity index (χ2v) is 7.16. The van der Waals surface area contributed by atoms with Crippen LogP contribution < -0.4 is 16.6 Å². The van der Waals surface area contributed by atoms with Gasteiger partial charge in [0.2, 0.25) is 5.69 Å². The lowest BCUT2D eigenvalue weighted by atomic mass is 10.1. The third kappa shape index (κ3) is 4.41. The Bertz CT molecular complexity index is 1360. The van der Waals surface area contributed by atoms with E-state index in [-0.39, 0.29) is 18.8 Å². The number of hydrogen-bond donors (Lipinski definition) is 1. The van der Waals surface area contributed by atoms with Gasteiger partial charge in [-0.15, -0.1) is 0 Å². The van der Waals surface area contributed by atoms with E-state index in [1.165, 1.54) is 18.4 Å². The second kappa shape index (κ2) is 8.84. The highest BCUT2D eigenvalue weighted by atomic mass is 19.1. The van der Waals surface area contributed by atoms with Crippen LogP contribution in [0.4, 0.5) is 4.39 Å². The number of amides is 1. The van der Waals surface area contributed by atoms with Gasteiger partial charge in [-0.05, 0) is 48.9 Å². The molecular weight excluding hydrogens is 415 g/mol. The lowest BCUT2D eigenvalue weighted by Gasteiger charge is -2.12. The predicted molar refractivity (Wildman–Crippen MR) is 114 cm³/mol. The van der Waals surface area contributed by atoms with Gasteiger partial charge in [-0.2, -0.15) is 9.78 Å². The average molecular weight is 434 g/mol. The zero-order valence-corrected chi connectivity index (χ0v) is 17.1. The number of nitrogens with zero attached hydrogens (tertiary/aromatic N) is 3. The van der Waals surface area contributed by atoms with E-state index in [9.17, 15) is 18.8 Å². The minimum Gasteiger partial charge on any atom is -0.467 e. The molecule has 0 aliphatic carbocycles. The van der Waals surface area contributed by atoms with Crippen molar-refractivity contribution in [3.63, 3.8) is 0 Å². The summed E-state index contributed by atoms with van der Waals surface area (Å²) in [7, 11) is 0. The highest BCUT2D eigenvalue weighted by molar-refractivity contribution is 5.91. The smallest absolute Gasteiger partial charge is 0.352 e. The van der Waals surface area contributed by atoms with Crippen LogP contribution in [-0.2, 0) is 13.1 Å². The molecule has 2 heterocycles. The van der Waals surface area contributed by atoms with Crippen molar-refractivity contribution >= 4 is 5.91 Å². The van der Waals surface area contributed by atoms with Crippen LogP contribution in [0, 0.1) is 12.7 Å². The van der Waals surface area contributed by atoms with E-state index in [4.69, 9.17) is 4.42 Å². The molecule has 8 nitrogen and oxygen atoms in total. The van der Waals surface area contributed by atoms with Gasteiger partial charge in [-0.1, -0.05) is 29.8 Å². The summed E-state index contributed by atoms with van der Waals surface area (Å²) in [6, 6.07) is 15.6. The first-order chi connectivity index (χ1) is 15.4. The second-order valence-electron chi connectivity index (χ2n) is 7.16. The van der Waals surface area contributed by atoms with E-state index in [0.717, 1.165) is 26.9 Å². The van der Waals surface area contributed by atoms with Crippen molar-refractivity contribution in [1.82, 2.24) is 19.7 Å². The molecule has 0 saturated carbocycles. The van der Waals surface area contributed by atoms with E-state index in [1.807, 2.05) is 19.1 Å². The average Bonchev–Trinajstić information content (AvgIpc) is 3.31. The maximum absolute atomic E-state index is 13.4. The fraction of sp³-hybridized carbons (Fsp3) is 0.130. The summed E-state index contributed by atoms with van der Waals surface area (Å²) in [5.41, 5.74) is -0.0940. The summed E-state index contributed by atoms with van der Waals surface area (Å²) in [5, 5.41) is 6.56. The Balaban J connectivity index is 1.79. The van der Waals surface area contributed by atoms with E-state index in [2.05, 4.69) is 10.4 Å². The monoisotopic (exact) mass is 434 g/mol. The molecule has 162 valence electrons. The minimum absolute atomic E-state index is 0.0423. The molecule has 4 rings (SSSR count). The predicted octanol–water partition coefficient (Wildman–Crippen LogP) is 2.41. The summed E-state index contributed by atoms with van der Waals surface area (Å²) < 4.78 is 20.4. The summed E-state index contributed by atoms with van der Waals surface area (Å²) in [6.45, 7) is 1.91. The lowest BCUT2D eigenvalue weighted by Crippen LogP contribution is -2.46. The maximum atomic E-state index is 13.4. The molecule has 0 bridgehead atoms. The lowest BCUT2D eigenvalue weighted by molar-refractivity contribution is 0.0938. The zero-order valence-electron chi connectivity index (χ0n) is 17.1. The van der Waals surface area contributed by atoms with Gasteiger partial charge >= 0.3 is 5.69 Å². The fourth-order valence-electron chi connectivity index (χ4n) is 3.09. The molecule has 2 aromatic carbocycles. The fourth-order valence-corrected chi connectivity index (χ4v) is 3.09. The molecule has 0 unspecified atom stereocenters. The molecule has 0 atom stereocenters. The van der Waals surface area contributed by atoms with E-state index >= 15 is 0 Å². The van der Waals surface area contributed by atoms with Crippen LogP contribution in [0.15, 0.2) is 80.9 Å². The number of furan rings is 1. The highest BCUT2D eigenvalue weighted by Crippen LogP contribution is 2.07. The molecule has 0 radical (unpaired) electrons. The first-order valence-corrected chi connectivity index (χ1v) is 9.78. The third-order valence-corrected chi connectivity index (χ3v) is 4.81. The van der Waals surface area contributed by atoms with Crippen molar-refractivity contribution in [3.8, 4) is 5.69 Å². The Kier molecular flexibility index (Phi) is 5.80. The van der Waals surface area contributed by atoms with Crippen molar-refractivity contribution in [2.24, 2.45) is 0 Å². The number of aromatic nitrogens is 3. The summed E-state index contributed by atoms with van der Waals surface area (Å²) in [6.07, 6.45) is 1.46. The Morgan fingerprint density at radius 2 is 1.78 bits per heavy atom. The van der Waals surface area contributed by atoms with Gasteiger partial charge in [-0.3, -0.25) is 14.2 Å². The summed E-state index contributed by atoms with van der Waals surface area (Å²) >= 11 is 0. The van der Waals surface area contributed by atoms with Crippen LogP contribution in [0.25, 0.3) is 5.69 Å². The third-order valence-electron chi connectivity index (χ3n) is 4.81. The molecule has 0 aliphatic heterocycles. The molecule has 0 fully saturated rings. The number of rotatable bonds is 6. The zero-order chi connectivity index (χ0) is 22.7. The molecule has 2 aromatic heterocycles. The number of halogens is 1. The van der Waals surface area contributed by atoms with Gasteiger partial charge in [0.25, 0.3) is 11.5 Å². The van der Waals surface area contributed by atoms with Crippen molar-refractivity contribution in [3.05, 3.63) is 116 Å². The Labute approximate surface area is 181 Å². The highest BCUT2D eigenvalue weighted by Gasteiger charge is 2.20. The molecule has 0 spiro atoms. The van der Waals surface area contributed by atoms with Gasteiger partial charge in [0, 0.05) is 0 Å². The molecule has 0 saturated heterocycles. The number of carbonyl (C=O) groups is 1. The van der Waals surface area contributed by atoms with Gasteiger partial charge < -0.3 is 9.73 Å². The Morgan fingerprint density at radius 3 is 2.44 bits per heavy atom. The van der Waals surface area contributed by atoms with E-state index in [0.29, 0.717) is 11.3 Å².